The van der Waals surface area contributed by atoms with Gasteiger partial charge in [0.05, 0.1) is 28.5 Å². The SMILES string of the molecule is Cc1cc([N+](=O)[O-])ccc1N1C(=O)C2C(C1=O)C(C(=O)c1ccccc1)N1c3ccccc3C=CC21. The Kier molecular flexibility index (Phi) is 4.86. The third-order valence-electron chi connectivity index (χ3n) is 7.37. The number of benzene rings is 3. The molecule has 2 amide bonds. The first-order chi connectivity index (χ1) is 17.4. The zero-order valence-electron chi connectivity index (χ0n) is 19.3. The average molecular weight is 479 g/mol. The Labute approximate surface area is 206 Å². The molecule has 3 aliphatic heterocycles. The summed E-state index contributed by atoms with van der Waals surface area (Å²) in [4.78, 5) is 55.4. The topological polar surface area (TPSA) is 101 Å². The van der Waals surface area contributed by atoms with Crippen LogP contribution in [0.4, 0.5) is 17.1 Å². The van der Waals surface area contributed by atoms with Crippen molar-refractivity contribution in [2.24, 2.45) is 11.8 Å². The van der Waals surface area contributed by atoms with Crippen LogP contribution in [0.3, 0.4) is 0 Å². The summed E-state index contributed by atoms with van der Waals surface area (Å²) in [6.07, 6.45) is 3.83. The molecule has 8 nitrogen and oxygen atoms in total. The maximum absolute atomic E-state index is 13.9. The van der Waals surface area contributed by atoms with Crippen LogP contribution < -0.4 is 9.80 Å². The Bertz CT molecular complexity index is 1480. The summed E-state index contributed by atoms with van der Waals surface area (Å²) in [5, 5.41) is 11.2. The van der Waals surface area contributed by atoms with Crippen LogP contribution in [-0.2, 0) is 9.59 Å². The molecular weight excluding hydrogens is 458 g/mol. The van der Waals surface area contributed by atoms with Gasteiger partial charge in [-0.05, 0) is 30.2 Å². The Morgan fingerprint density at radius 3 is 2.31 bits per heavy atom. The van der Waals surface area contributed by atoms with Gasteiger partial charge in [-0.1, -0.05) is 60.7 Å². The highest BCUT2D eigenvalue weighted by Gasteiger charge is 2.64. The number of nitro benzene ring substituents is 1. The van der Waals surface area contributed by atoms with Gasteiger partial charge in [-0.25, -0.2) is 4.90 Å². The van der Waals surface area contributed by atoms with Gasteiger partial charge in [-0.3, -0.25) is 24.5 Å². The zero-order valence-corrected chi connectivity index (χ0v) is 19.3. The number of non-ortho nitro benzene ring substituents is 1. The molecule has 0 aromatic heterocycles. The molecule has 0 aliphatic carbocycles. The number of carbonyl (C=O) groups excluding carboxylic acids is 3. The van der Waals surface area contributed by atoms with E-state index < -0.39 is 40.7 Å². The highest BCUT2D eigenvalue weighted by atomic mass is 16.6. The largest absolute Gasteiger partial charge is 0.352 e. The van der Waals surface area contributed by atoms with Gasteiger partial charge >= 0.3 is 0 Å². The van der Waals surface area contributed by atoms with E-state index in [0.717, 1.165) is 16.2 Å². The van der Waals surface area contributed by atoms with Crippen LogP contribution in [0, 0.1) is 28.9 Å². The molecule has 178 valence electrons. The molecule has 3 aliphatic rings. The fraction of sp³-hybridized carbons (Fsp3) is 0.179. The third-order valence-corrected chi connectivity index (χ3v) is 7.37. The van der Waals surface area contributed by atoms with Gasteiger partial charge < -0.3 is 4.90 Å². The molecule has 0 N–H and O–H groups in total. The summed E-state index contributed by atoms with van der Waals surface area (Å²) in [5.74, 6) is -2.72. The van der Waals surface area contributed by atoms with E-state index >= 15 is 0 Å². The number of imide groups is 1. The number of hydrogen-bond acceptors (Lipinski definition) is 6. The first-order valence-electron chi connectivity index (χ1n) is 11.7. The number of ketones is 1. The van der Waals surface area contributed by atoms with E-state index in [1.807, 2.05) is 47.4 Å². The smallest absolute Gasteiger partial charge is 0.269 e. The quantitative estimate of drug-likeness (QED) is 0.241. The van der Waals surface area contributed by atoms with Gasteiger partial charge in [0.1, 0.15) is 6.04 Å². The lowest BCUT2D eigenvalue weighted by Crippen LogP contribution is -2.49. The Balaban J connectivity index is 1.48. The number of hydrogen-bond donors (Lipinski definition) is 0. The molecule has 4 atom stereocenters. The standard InChI is InChI=1S/C28H21N3O5/c1-16-15-19(31(35)36)12-14-20(16)30-27(33)23-22-13-11-17-7-5-6-10-21(17)29(22)25(24(23)28(30)34)26(32)18-8-3-2-4-9-18/h2-15,22-25H,1H3. The summed E-state index contributed by atoms with van der Waals surface area (Å²) in [6, 6.07) is 19.2. The molecule has 3 heterocycles. The van der Waals surface area contributed by atoms with Crippen LogP contribution in [0.25, 0.3) is 6.08 Å². The van der Waals surface area contributed by atoms with Crippen molar-refractivity contribution in [3.8, 4) is 0 Å². The molecule has 36 heavy (non-hydrogen) atoms. The Hall–Kier alpha value is -4.59. The number of carbonyl (C=O) groups is 3. The number of nitro groups is 1. The van der Waals surface area contributed by atoms with E-state index in [-0.39, 0.29) is 11.5 Å². The summed E-state index contributed by atoms with van der Waals surface area (Å²) >= 11 is 0. The van der Waals surface area contributed by atoms with Crippen molar-refractivity contribution < 1.29 is 19.3 Å². The van der Waals surface area contributed by atoms with Crippen LogP contribution in [0.15, 0.2) is 78.9 Å². The molecule has 3 aromatic carbocycles. The van der Waals surface area contributed by atoms with Crippen LogP contribution in [0.1, 0.15) is 21.5 Å². The van der Waals surface area contributed by atoms with Crippen molar-refractivity contribution in [2.75, 3.05) is 9.80 Å². The molecular formula is C28H21N3O5. The summed E-state index contributed by atoms with van der Waals surface area (Å²) in [6.45, 7) is 1.63. The number of fused-ring (bicyclic) bond motifs is 5. The minimum Gasteiger partial charge on any atom is -0.352 e. The minimum absolute atomic E-state index is 0.120. The second-order valence-electron chi connectivity index (χ2n) is 9.28. The molecule has 2 saturated heterocycles. The number of nitrogens with zero attached hydrogens (tertiary/aromatic N) is 3. The second kappa shape index (κ2) is 7.98. The summed E-state index contributed by atoms with van der Waals surface area (Å²) in [5.41, 5.74) is 2.83. The lowest BCUT2D eigenvalue weighted by Gasteiger charge is -2.36. The van der Waals surface area contributed by atoms with Gasteiger partial charge in [0.15, 0.2) is 5.78 Å². The van der Waals surface area contributed by atoms with E-state index in [4.69, 9.17) is 0 Å². The predicted molar refractivity (Wildman–Crippen MR) is 134 cm³/mol. The lowest BCUT2D eigenvalue weighted by molar-refractivity contribution is -0.384. The van der Waals surface area contributed by atoms with Crippen molar-refractivity contribution in [2.45, 2.75) is 19.0 Å². The van der Waals surface area contributed by atoms with E-state index in [1.54, 1.807) is 31.2 Å². The van der Waals surface area contributed by atoms with Crippen molar-refractivity contribution in [3.05, 3.63) is 106 Å². The van der Waals surface area contributed by atoms with E-state index in [0.29, 0.717) is 16.8 Å². The van der Waals surface area contributed by atoms with Crippen molar-refractivity contribution >= 4 is 40.7 Å². The maximum Gasteiger partial charge on any atom is 0.269 e. The van der Waals surface area contributed by atoms with Gasteiger partial charge in [-0.15, -0.1) is 0 Å². The van der Waals surface area contributed by atoms with Gasteiger partial charge in [-0.2, -0.15) is 0 Å². The number of para-hydroxylation sites is 1. The fourth-order valence-electron chi connectivity index (χ4n) is 5.83. The number of amides is 2. The highest BCUT2D eigenvalue weighted by Crippen LogP contribution is 2.50. The van der Waals surface area contributed by atoms with Gasteiger partial charge in [0, 0.05) is 23.4 Å². The summed E-state index contributed by atoms with van der Waals surface area (Å²) < 4.78 is 0. The fourth-order valence-corrected chi connectivity index (χ4v) is 5.83. The minimum atomic E-state index is -0.888. The Morgan fingerprint density at radius 2 is 1.58 bits per heavy atom. The van der Waals surface area contributed by atoms with Crippen LogP contribution in [0.5, 0.6) is 0 Å². The predicted octanol–water partition coefficient (Wildman–Crippen LogP) is 4.18. The van der Waals surface area contributed by atoms with Gasteiger partial charge in [0.25, 0.3) is 5.69 Å². The van der Waals surface area contributed by atoms with Crippen LogP contribution in [-0.4, -0.2) is 34.6 Å². The molecule has 0 radical (unpaired) electrons. The summed E-state index contributed by atoms with van der Waals surface area (Å²) in [7, 11) is 0. The normalized spacial score (nSPS) is 23.9. The number of rotatable bonds is 4. The van der Waals surface area contributed by atoms with Crippen molar-refractivity contribution in [1.29, 1.82) is 0 Å². The van der Waals surface area contributed by atoms with E-state index in [9.17, 15) is 24.5 Å². The maximum atomic E-state index is 13.9. The lowest BCUT2D eigenvalue weighted by atomic mass is 9.86. The molecule has 0 bridgehead atoms. The van der Waals surface area contributed by atoms with E-state index in [2.05, 4.69) is 0 Å². The van der Waals surface area contributed by atoms with Gasteiger partial charge in [0.2, 0.25) is 11.8 Å². The van der Waals surface area contributed by atoms with Crippen LogP contribution >= 0.6 is 0 Å². The highest BCUT2D eigenvalue weighted by molar-refractivity contribution is 6.26. The molecule has 4 unspecified atom stereocenters. The first-order valence-corrected chi connectivity index (χ1v) is 11.7. The zero-order chi connectivity index (χ0) is 25.1. The first kappa shape index (κ1) is 21.9. The monoisotopic (exact) mass is 479 g/mol. The molecule has 8 heteroatoms. The molecule has 6 rings (SSSR count). The number of Topliss-reactive ketones (excluding diaryl/α,β-unsaturated/α-hetero) is 1. The van der Waals surface area contributed by atoms with E-state index in [1.165, 1.54) is 18.2 Å². The second-order valence-corrected chi connectivity index (χ2v) is 9.28. The molecule has 3 aromatic rings. The molecule has 0 spiro atoms. The third kappa shape index (κ3) is 3.04. The number of anilines is 2. The average Bonchev–Trinajstić information content (AvgIpc) is 3.37. The van der Waals surface area contributed by atoms with Crippen molar-refractivity contribution in [3.63, 3.8) is 0 Å². The molecule has 0 saturated carbocycles. The van der Waals surface area contributed by atoms with Crippen molar-refractivity contribution in [1.82, 2.24) is 0 Å². The van der Waals surface area contributed by atoms with Crippen LogP contribution in [0.2, 0.25) is 0 Å². The Morgan fingerprint density at radius 1 is 0.889 bits per heavy atom. The number of aryl methyl sites for hydroxylation is 1. The molecule has 2 fully saturated rings.